The van der Waals surface area contributed by atoms with E-state index < -0.39 is 11.7 Å². The number of Topliss-reactive ketones (excluding diaryl/α,β-unsaturated/α-hetero) is 1. The molecule has 0 radical (unpaired) electrons. The number of phenolic OH excluding ortho intramolecular Hbond substituents is 1. The highest BCUT2D eigenvalue weighted by atomic mass is 16.5. The number of fused-ring (bicyclic) bond motifs is 4. The van der Waals surface area contributed by atoms with E-state index in [-0.39, 0.29) is 46.1 Å². The van der Waals surface area contributed by atoms with Crippen LogP contribution in [0.4, 0.5) is 0 Å². The summed E-state index contributed by atoms with van der Waals surface area (Å²) in [5.74, 6) is -0.112. The van der Waals surface area contributed by atoms with Gasteiger partial charge in [0.2, 0.25) is 0 Å². The Morgan fingerprint density at radius 1 is 1.24 bits per heavy atom. The molecule has 6 heteroatoms. The Balaban J connectivity index is 1.98. The molecule has 1 unspecified atom stereocenters. The predicted molar refractivity (Wildman–Crippen MR) is 89.3 cm³/mol. The van der Waals surface area contributed by atoms with E-state index >= 15 is 0 Å². The molecule has 0 saturated heterocycles. The number of rotatable bonds is 2. The van der Waals surface area contributed by atoms with E-state index in [1.54, 1.807) is 31.2 Å². The van der Waals surface area contributed by atoms with Crippen molar-refractivity contribution in [3.63, 3.8) is 0 Å². The van der Waals surface area contributed by atoms with E-state index in [1.165, 1.54) is 12.1 Å². The van der Waals surface area contributed by atoms with E-state index in [0.717, 1.165) is 0 Å². The molecular weight excluding hydrogens is 324 g/mol. The Morgan fingerprint density at radius 3 is 2.76 bits per heavy atom. The van der Waals surface area contributed by atoms with E-state index in [0.29, 0.717) is 11.0 Å². The molecule has 0 fully saturated rings. The first kappa shape index (κ1) is 15.4. The lowest BCUT2D eigenvalue weighted by molar-refractivity contribution is 0.0985. The molecule has 0 aliphatic carbocycles. The van der Waals surface area contributed by atoms with Crippen LogP contribution in [0.2, 0.25) is 0 Å². The lowest BCUT2D eigenvalue weighted by Crippen LogP contribution is -2.20. The second-order valence-corrected chi connectivity index (χ2v) is 5.82. The SMILES string of the molecule is CCC(=O)c1cc2c(cc1O)Oc1c(c(=O)oc3ccccc13)C2O. The van der Waals surface area contributed by atoms with Crippen molar-refractivity contribution in [2.75, 3.05) is 0 Å². The van der Waals surface area contributed by atoms with Crippen LogP contribution >= 0.6 is 0 Å². The maximum atomic E-state index is 12.3. The molecule has 0 bridgehead atoms. The zero-order valence-electron chi connectivity index (χ0n) is 13.3. The number of carbonyl (C=O) groups excluding carboxylic acids is 1. The molecule has 0 spiro atoms. The molecule has 0 saturated carbocycles. The van der Waals surface area contributed by atoms with E-state index in [2.05, 4.69) is 0 Å². The number of benzene rings is 2. The predicted octanol–water partition coefficient (Wildman–Crippen LogP) is 3.28. The van der Waals surface area contributed by atoms with Crippen molar-refractivity contribution in [2.45, 2.75) is 19.4 Å². The van der Waals surface area contributed by atoms with Crippen LogP contribution in [-0.2, 0) is 0 Å². The van der Waals surface area contributed by atoms with Crippen molar-refractivity contribution in [1.29, 1.82) is 0 Å². The normalized spacial score (nSPS) is 15.4. The number of ether oxygens (including phenoxy) is 1. The van der Waals surface area contributed by atoms with Gasteiger partial charge in [-0.15, -0.1) is 0 Å². The van der Waals surface area contributed by atoms with Gasteiger partial charge in [0, 0.05) is 18.1 Å². The fraction of sp³-hybridized carbons (Fsp3) is 0.158. The van der Waals surface area contributed by atoms with Crippen molar-refractivity contribution < 1.29 is 24.2 Å². The Morgan fingerprint density at radius 2 is 2.00 bits per heavy atom. The Bertz CT molecular complexity index is 1080. The molecule has 3 aromatic rings. The maximum absolute atomic E-state index is 12.3. The topological polar surface area (TPSA) is 97.0 Å². The number of phenols is 1. The van der Waals surface area contributed by atoms with Crippen molar-refractivity contribution >= 4 is 16.8 Å². The number of ketones is 1. The van der Waals surface area contributed by atoms with Gasteiger partial charge in [-0.3, -0.25) is 4.79 Å². The van der Waals surface area contributed by atoms with E-state index in [4.69, 9.17) is 9.15 Å². The van der Waals surface area contributed by atoms with Crippen LogP contribution in [0.25, 0.3) is 11.0 Å². The van der Waals surface area contributed by atoms with E-state index in [1.807, 2.05) is 0 Å². The zero-order valence-corrected chi connectivity index (χ0v) is 13.3. The fourth-order valence-corrected chi connectivity index (χ4v) is 3.05. The van der Waals surface area contributed by atoms with Crippen LogP contribution in [-0.4, -0.2) is 16.0 Å². The Labute approximate surface area is 141 Å². The summed E-state index contributed by atoms with van der Waals surface area (Å²) < 4.78 is 11.1. The summed E-state index contributed by atoms with van der Waals surface area (Å²) in [5.41, 5.74) is -0.0683. The first-order chi connectivity index (χ1) is 12.0. The quantitative estimate of drug-likeness (QED) is 0.550. The summed E-state index contributed by atoms with van der Waals surface area (Å²) in [6.07, 6.45) is -1.12. The lowest BCUT2D eigenvalue weighted by atomic mass is 9.94. The maximum Gasteiger partial charge on any atom is 0.346 e. The molecule has 0 amide bonds. The smallest absolute Gasteiger partial charge is 0.346 e. The molecule has 6 nitrogen and oxygen atoms in total. The number of aliphatic hydroxyl groups is 1. The molecule has 1 atom stereocenters. The van der Waals surface area contributed by atoms with Crippen LogP contribution < -0.4 is 10.4 Å². The fourth-order valence-electron chi connectivity index (χ4n) is 3.05. The highest BCUT2D eigenvalue weighted by Crippen LogP contribution is 2.46. The summed E-state index contributed by atoms with van der Waals surface area (Å²) in [4.78, 5) is 24.3. The van der Waals surface area contributed by atoms with Gasteiger partial charge in [0.15, 0.2) is 11.5 Å². The van der Waals surface area contributed by atoms with Gasteiger partial charge in [-0.05, 0) is 18.2 Å². The largest absolute Gasteiger partial charge is 0.507 e. The average molecular weight is 338 g/mol. The van der Waals surface area contributed by atoms with Gasteiger partial charge in [-0.2, -0.15) is 0 Å². The third-order valence-corrected chi connectivity index (χ3v) is 4.33. The average Bonchev–Trinajstić information content (AvgIpc) is 2.60. The highest BCUT2D eigenvalue weighted by molar-refractivity contribution is 5.99. The van der Waals surface area contributed by atoms with Crippen LogP contribution in [0, 0.1) is 0 Å². The molecule has 1 aliphatic heterocycles. The van der Waals surface area contributed by atoms with Gasteiger partial charge in [-0.1, -0.05) is 19.1 Å². The molecule has 25 heavy (non-hydrogen) atoms. The third-order valence-electron chi connectivity index (χ3n) is 4.33. The second kappa shape index (κ2) is 5.46. The monoisotopic (exact) mass is 338 g/mol. The second-order valence-electron chi connectivity index (χ2n) is 5.82. The zero-order chi connectivity index (χ0) is 17.7. The summed E-state index contributed by atoms with van der Waals surface area (Å²) in [6, 6.07) is 9.46. The van der Waals surface area contributed by atoms with Crippen molar-refractivity contribution in [3.05, 3.63) is 63.5 Å². The van der Waals surface area contributed by atoms with E-state index in [9.17, 15) is 19.8 Å². The van der Waals surface area contributed by atoms with Crippen LogP contribution in [0.15, 0.2) is 45.6 Å². The van der Waals surface area contributed by atoms with Crippen LogP contribution in [0.3, 0.4) is 0 Å². The first-order valence-corrected chi connectivity index (χ1v) is 7.83. The molecule has 4 rings (SSSR count). The molecule has 1 aliphatic rings. The molecule has 2 N–H and O–H groups in total. The molecule has 2 heterocycles. The van der Waals surface area contributed by atoms with Gasteiger partial charge in [0.1, 0.15) is 28.7 Å². The molecular formula is C19H14O6. The van der Waals surface area contributed by atoms with Gasteiger partial charge < -0.3 is 19.4 Å². The van der Waals surface area contributed by atoms with Crippen LogP contribution in [0.5, 0.6) is 17.2 Å². The lowest BCUT2D eigenvalue weighted by Gasteiger charge is -2.25. The minimum atomic E-state index is -1.32. The summed E-state index contributed by atoms with van der Waals surface area (Å²) in [6.45, 7) is 1.67. The summed E-state index contributed by atoms with van der Waals surface area (Å²) in [7, 11) is 0. The number of aliphatic hydroxyl groups excluding tert-OH is 1. The van der Waals surface area contributed by atoms with Gasteiger partial charge in [-0.25, -0.2) is 4.79 Å². The summed E-state index contributed by atoms with van der Waals surface area (Å²) >= 11 is 0. The van der Waals surface area contributed by atoms with Crippen molar-refractivity contribution in [2.24, 2.45) is 0 Å². The Hall–Kier alpha value is -3.12. The van der Waals surface area contributed by atoms with Gasteiger partial charge >= 0.3 is 5.63 Å². The summed E-state index contributed by atoms with van der Waals surface area (Å²) in [5, 5.41) is 21.3. The van der Waals surface area contributed by atoms with Crippen molar-refractivity contribution in [3.8, 4) is 17.2 Å². The van der Waals surface area contributed by atoms with Gasteiger partial charge in [0.05, 0.1) is 10.9 Å². The minimum absolute atomic E-state index is 0.0215. The number of para-hydroxylation sites is 1. The highest BCUT2D eigenvalue weighted by Gasteiger charge is 2.33. The number of hydrogen-bond acceptors (Lipinski definition) is 6. The van der Waals surface area contributed by atoms with Crippen LogP contribution in [0.1, 0.15) is 40.9 Å². The standard InChI is InChI=1S/C19H14O6/c1-2-12(20)10-7-11-15(8-13(10)21)24-18-9-5-3-4-6-14(9)25-19(23)16(18)17(11)22/h3-8,17,21-22H,2H2,1H3. The number of hydrogen-bond donors (Lipinski definition) is 2. The molecule has 2 aromatic carbocycles. The molecule has 126 valence electrons. The first-order valence-electron chi connectivity index (χ1n) is 7.83. The number of aromatic hydroxyl groups is 1. The number of carbonyl (C=O) groups is 1. The third kappa shape index (κ3) is 2.22. The Kier molecular flexibility index (Phi) is 3.36. The molecule has 1 aromatic heterocycles. The van der Waals surface area contributed by atoms with Gasteiger partial charge in [0.25, 0.3) is 0 Å². The minimum Gasteiger partial charge on any atom is -0.507 e. The van der Waals surface area contributed by atoms with Crippen molar-refractivity contribution in [1.82, 2.24) is 0 Å².